The van der Waals surface area contributed by atoms with E-state index in [-0.39, 0.29) is 0 Å². The third-order valence-electron chi connectivity index (χ3n) is 5.67. The molecule has 2 aromatic heterocycles. The minimum absolute atomic E-state index is 0.514. The Morgan fingerprint density at radius 2 is 1.50 bits per heavy atom. The van der Waals surface area contributed by atoms with Gasteiger partial charge in [0.2, 0.25) is 0 Å². The van der Waals surface area contributed by atoms with Crippen molar-refractivity contribution >= 4 is 43.7 Å². The van der Waals surface area contributed by atoms with Crippen LogP contribution >= 0.6 is 0 Å². The first kappa shape index (κ1) is 16.4. The molecule has 6 rings (SSSR count). The summed E-state index contributed by atoms with van der Waals surface area (Å²) >= 11 is 0. The number of fused-ring (bicyclic) bond motifs is 7. The second kappa shape index (κ2) is 5.98. The van der Waals surface area contributed by atoms with Gasteiger partial charge in [0.05, 0.1) is 39.3 Å². The Balaban J connectivity index is 1.86. The minimum Gasteiger partial charge on any atom is -0.455 e. The van der Waals surface area contributed by atoms with Gasteiger partial charge in [-0.15, -0.1) is 0 Å². The maximum atomic E-state index is 9.73. The summed E-state index contributed by atoms with van der Waals surface area (Å²) in [5, 5.41) is 23.3. The average Bonchev–Trinajstić information content (AvgIpc) is 3.34. The van der Waals surface area contributed by atoms with Gasteiger partial charge in [-0.05, 0) is 42.5 Å². The maximum absolute atomic E-state index is 9.73. The van der Waals surface area contributed by atoms with Gasteiger partial charge in [0.25, 0.3) is 0 Å². The van der Waals surface area contributed by atoms with Crippen LogP contribution in [0.25, 0.3) is 49.4 Å². The van der Waals surface area contributed by atoms with Crippen molar-refractivity contribution in [3.63, 3.8) is 0 Å². The topological polar surface area (TPSA) is 65.7 Å². The zero-order valence-electron chi connectivity index (χ0n) is 15.8. The summed E-state index contributed by atoms with van der Waals surface area (Å²) in [6.45, 7) is 0. The van der Waals surface area contributed by atoms with Gasteiger partial charge in [0, 0.05) is 16.2 Å². The summed E-state index contributed by atoms with van der Waals surface area (Å²) in [6, 6.07) is 29.8. The van der Waals surface area contributed by atoms with Crippen LogP contribution in [0.2, 0.25) is 0 Å². The van der Waals surface area contributed by atoms with Gasteiger partial charge in [-0.1, -0.05) is 36.4 Å². The smallest absolute Gasteiger partial charge is 0.145 e. The lowest BCUT2D eigenvalue weighted by atomic mass is 10.1. The molecule has 4 heteroatoms. The fraction of sp³-hybridized carbons (Fsp3) is 0. The molecule has 0 amide bonds. The van der Waals surface area contributed by atoms with Crippen molar-refractivity contribution < 1.29 is 4.42 Å². The molecular formula is C26H13N3O. The lowest BCUT2D eigenvalue weighted by Crippen LogP contribution is -1.98. The molecule has 0 aliphatic carbocycles. The third-order valence-corrected chi connectivity index (χ3v) is 5.67. The quantitative estimate of drug-likeness (QED) is 0.329. The van der Waals surface area contributed by atoms with Gasteiger partial charge in [0.15, 0.2) is 0 Å². The summed E-state index contributed by atoms with van der Waals surface area (Å²) in [5.41, 5.74) is 5.31. The third kappa shape index (κ3) is 2.08. The van der Waals surface area contributed by atoms with Crippen LogP contribution in [0, 0.1) is 22.7 Å². The Morgan fingerprint density at radius 3 is 2.33 bits per heavy atom. The lowest BCUT2D eigenvalue weighted by molar-refractivity contribution is 0.673. The van der Waals surface area contributed by atoms with Crippen molar-refractivity contribution in [3.8, 4) is 17.8 Å². The Labute approximate surface area is 171 Å². The number of hydrogen-bond donors (Lipinski definition) is 0. The first-order valence-corrected chi connectivity index (χ1v) is 9.58. The SMILES string of the molecule is N#Cc1ccc(C#N)c(-n2c3ccccc3c3c4oc5ccccc5c4ccc32)c1. The molecule has 138 valence electrons. The summed E-state index contributed by atoms with van der Waals surface area (Å²) in [5.74, 6) is 0. The van der Waals surface area contributed by atoms with Crippen LogP contribution in [0.3, 0.4) is 0 Å². The highest BCUT2D eigenvalue weighted by Gasteiger charge is 2.19. The van der Waals surface area contributed by atoms with Crippen LogP contribution in [0.1, 0.15) is 11.1 Å². The summed E-state index contributed by atoms with van der Waals surface area (Å²) in [4.78, 5) is 0. The highest BCUT2D eigenvalue weighted by molar-refractivity contribution is 6.23. The van der Waals surface area contributed by atoms with Gasteiger partial charge in [0.1, 0.15) is 17.2 Å². The van der Waals surface area contributed by atoms with Crippen LogP contribution in [0.4, 0.5) is 0 Å². The predicted octanol–water partition coefficient (Wildman–Crippen LogP) is 6.43. The second-order valence-electron chi connectivity index (χ2n) is 7.24. The first-order valence-electron chi connectivity index (χ1n) is 9.58. The van der Waals surface area contributed by atoms with Crippen LogP contribution in [-0.4, -0.2) is 4.57 Å². The number of aromatic nitrogens is 1. The number of nitriles is 2. The average molecular weight is 383 g/mol. The van der Waals surface area contributed by atoms with E-state index in [9.17, 15) is 10.5 Å². The molecule has 0 aliphatic heterocycles. The fourth-order valence-electron chi connectivity index (χ4n) is 4.38. The number of benzene rings is 4. The summed E-state index contributed by atoms with van der Waals surface area (Å²) < 4.78 is 8.35. The zero-order chi connectivity index (χ0) is 20.2. The van der Waals surface area contributed by atoms with Crippen molar-refractivity contribution in [3.05, 3.63) is 90.0 Å². The van der Waals surface area contributed by atoms with Crippen molar-refractivity contribution in [2.24, 2.45) is 0 Å². The van der Waals surface area contributed by atoms with Crippen molar-refractivity contribution in [1.82, 2.24) is 4.57 Å². The van der Waals surface area contributed by atoms with Crippen LogP contribution in [-0.2, 0) is 0 Å². The van der Waals surface area contributed by atoms with Crippen molar-refractivity contribution in [2.75, 3.05) is 0 Å². The zero-order valence-corrected chi connectivity index (χ0v) is 15.8. The lowest BCUT2D eigenvalue weighted by Gasteiger charge is -2.10. The van der Waals surface area contributed by atoms with Gasteiger partial charge in [-0.25, -0.2) is 0 Å². The van der Waals surface area contributed by atoms with E-state index in [2.05, 4.69) is 41.0 Å². The molecule has 0 N–H and O–H groups in total. The summed E-state index contributed by atoms with van der Waals surface area (Å²) in [6.07, 6.45) is 0. The molecule has 0 radical (unpaired) electrons. The summed E-state index contributed by atoms with van der Waals surface area (Å²) in [7, 11) is 0. The van der Waals surface area contributed by atoms with Crippen molar-refractivity contribution in [1.29, 1.82) is 10.5 Å². The van der Waals surface area contributed by atoms with E-state index in [0.717, 1.165) is 43.7 Å². The van der Waals surface area contributed by atoms with E-state index < -0.39 is 0 Å². The van der Waals surface area contributed by atoms with E-state index in [4.69, 9.17) is 4.42 Å². The van der Waals surface area contributed by atoms with E-state index in [1.165, 1.54) is 0 Å². The monoisotopic (exact) mass is 383 g/mol. The van der Waals surface area contributed by atoms with Gasteiger partial charge in [-0.3, -0.25) is 0 Å². The number of nitrogens with zero attached hydrogens (tertiary/aromatic N) is 3. The molecule has 4 aromatic carbocycles. The fourth-order valence-corrected chi connectivity index (χ4v) is 4.38. The van der Waals surface area contributed by atoms with E-state index >= 15 is 0 Å². The molecule has 0 fully saturated rings. The molecule has 2 heterocycles. The molecule has 0 aliphatic rings. The Morgan fingerprint density at radius 1 is 0.700 bits per heavy atom. The minimum atomic E-state index is 0.514. The molecule has 0 atom stereocenters. The number of hydrogen-bond acceptors (Lipinski definition) is 3. The number of para-hydroxylation sites is 2. The van der Waals surface area contributed by atoms with Gasteiger partial charge in [-0.2, -0.15) is 10.5 Å². The molecule has 0 unspecified atom stereocenters. The van der Waals surface area contributed by atoms with Crippen LogP contribution < -0.4 is 0 Å². The number of rotatable bonds is 1. The maximum Gasteiger partial charge on any atom is 0.145 e. The van der Waals surface area contributed by atoms with Gasteiger partial charge < -0.3 is 8.98 Å². The molecule has 6 aromatic rings. The van der Waals surface area contributed by atoms with Crippen LogP contribution in [0.15, 0.2) is 83.3 Å². The Bertz CT molecular complexity index is 1720. The molecular weight excluding hydrogens is 370 g/mol. The van der Waals surface area contributed by atoms with Crippen LogP contribution in [0.5, 0.6) is 0 Å². The van der Waals surface area contributed by atoms with E-state index in [0.29, 0.717) is 16.8 Å². The van der Waals surface area contributed by atoms with Crippen molar-refractivity contribution in [2.45, 2.75) is 0 Å². The molecule has 0 saturated heterocycles. The standard InChI is InChI=1S/C26H13N3O/c27-14-16-9-10-17(15-28)23(13-16)29-21-7-3-1-6-20(21)25-22(29)12-11-19-18-5-2-4-8-24(18)30-26(19)25/h1-13H. The number of furan rings is 1. The van der Waals surface area contributed by atoms with E-state index in [1.807, 2.05) is 36.4 Å². The predicted molar refractivity (Wildman–Crippen MR) is 117 cm³/mol. The van der Waals surface area contributed by atoms with Gasteiger partial charge >= 0.3 is 0 Å². The first-order chi connectivity index (χ1) is 14.8. The highest BCUT2D eigenvalue weighted by Crippen LogP contribution is 2.40. The normalized spacial score (nSPS) is 11.3. The van der Waals surface area contributed by atoms with E-state index in [1.54, 1.807) is 18.2 Å². The highest BCUT2D eigenvalue weighted by atomic mass is 16.3. The second-order valence-corrected chi connectivity index (χ2v) is 7.24. The molecule has 0 saturated carbocycles. The molecule has 30 heavy (non-hydrogen) atoms. The Kier molecular flexibility index (Phi) is 3.27. The largest absolute Gasteiger partial charge is 0.455 e. The molecule has 0 bridgehead atoms. The molecule has 0 spiro atoms. The Hall–Kier alpha value is -4.54. The molecule has 4 nitrogen and oxygen atoms in total.